The Hall–Kier alpha value is -2.03. The fourth-order valence-corrected chi connectivity index (χ4v) is 1.52. The molecule has 0 unspecified atom stereocenters. The molecule has 0 heterocycles. The Morgan fingerprint density at radius 2 is 2.14 bits per heavy atom. The lowest BCUT2D eigenvalue weighted by atomic mass is 10.1. The molecule has 0 radical (unpaired) electrons. The van der Waals surface area contributed by atoms with Crippen molar-refractivity contribution in [3.05, 3.63) is 23.8 Å². The summed E-state index contributed by atoms with van der Waals surface area (Å²) >= 11 is 0. The number of carbonyl (C=O) groups is 1. The van der Waals surface area contributed by atoms with Gasteiger partial charge in [-0.25, -0.2) is 0 Å². The van der Waals surface area contributed by atoms with E-state index in [1.165, 1.54) is 0 Å². The smallest absolute Gasteiger partial charge is 0.142 e. The van der Waals surface area contributed by atoms with Gasteiger partial charge in [-0.3, -0.25) is 0 Å². The lowest BCUT2D eigenvalue weighted by molar-refractivity contribution is -0.109. The van der Waals surface area contributed by atoms with E-state index in [9.17, 15) is 9.90 Å². The molecule has 0 fully saturated rings. The number of anilines is 1. The molecule has 0 aromatic heterocycles. The van der Waals surface area contributed by atoms with Gasteiger partial charge in [-0.2, -0.15) is 0 Å². The molecule has 1 rings (SSSR count). The third-order valence-corrected chi connectivity index (χ3v) is 2.56. The van der Waals surface area contributed by atoms with Crippen molar-refractivity contribution in [3.63, 3.8) is 0 Å². The van der Waals surface area contributed by atoms with Gasteiger partial charge in [-0.15, -0.1) is 0 Å². The van der Waals surface area contributed by atoms with E-state index in [1.807, 2.05) is 25.1 Å². The van der Waals surface area contributed by atoms with Crippen LogP contribution in [-0.4, -0.2) is 43.7 Å². The summed E-state index contributed by atoms with van der Waals surface area (Å²) in [7, 11) is 3.77. The minimum atomic E-state index is -1.04. The quantitative estimate of drug-likeness (QED) is 0.619. The molecule has 0 saturated heterocycles. The minimum absolute atomic E-state index is 0.124. The molecule has 0 aliphatic carbocycles. The number of nitrogens with zero attached hydrogens (tertiary/aromatic N) is 1. The van der Waals surface area contributed by atoms with Gasteiger partial charge in [0.15, 0.2) is 0 Å². The van der Waals surface area contributed by atoms with Crippen molar-refractivity contribution in [2.45, 2.75) is 25.5 Å². The normalized spacial score (nSPS) is 12.1. The number of rotatable bonds is 5. The number of aliphatic hydroxyl groups is 1. The molecule has 0 amide bonds. The second kappa shape index (κ2) is 7.11. The Morgan fingerprint density at radius 3 is 2.67 bits per heavy atom. The van der Waals surface area contributed by atoms with Crippen LogP contribution in [0.1, 0.15) is 19.4 Å². The second-order valence-corrected chi connectivity index (χ2v) is 5.50. The predicted molar refractivity (Wildman–Crippen MR) is 83.5 cm³/mol. The topological polar surface area (TPSA) is 75.8 Å². The van der Waals surface area contributed by atoms with Crippen LogP contribution in [0.3, 0.4) is 0 Å². The van der Waals surface area contributed by atoms with Crippen molar-refractivity contribution in [2.24, 2.45) is 5.73 Å². The third-order valence-electron chi connectivity index (χ3n) is 2.56. The van der Waals surface area contributed by atoms with Crippen LogP contribution in [0, 0.1) is 11.8 Å². The molecule has 1 atom stereocenters. The van der Waals surface area contributed by atoms with Gasteiger partial charge in [0.05, 0.1) is 11.7 Å². The first-order valence-electron chi connectivity index (χ1n) is 6.63. The molecule has 5 nitrogen and oxygen atoms in total. The van der Waals surface area contributed by atoms with Crippen LogP contribution in [0.5, 0.6) is 5.75 Å². The maximum absolute atomic E-state index is 10.5. The largest absolute Gasteiger partial charge is 0.489 e. The molecule has 114 valence electrons. The Kier molecular flexibility index (Phi) is 5.77. The summed E-state index contributed by atoms with van der Waals surface area (Å²) in [6.45, 7) is 3.38. The number of benzene rings is 1. The minimum Gasteiger partial charge on any atom is -0.489 e. The van der Waals surface area contributed by atoms with Crippen molar-refractivity contribution in [3.8, 4) is 17.6 Å². The molecular weight excluding hydrogens is 268 g/mol. The summed E-state index contributed by atoms with van der Waals surface area (Å²) in [5.74, 6) is 6.31. The number of carbonyl (C=O) groups excluding carboxylic acids is 1. The average molecular weight is 290 g/mol. The number of aldehydes is 1. The molecule has 21 heavy (non-hydrogen) atoms. The number of hydrogen-bond acceptors (Lipinski definition) is 5. The van der Waals surface area contributed by atoms with Crippen molar-refractivity contribution < 1.29 is 14.6 Å². The zero-order chi connectivity index (χ0) is 16.0. The average Bonchev–Trinajstić information content (AvgIpc) is 2.41. The van der Waals surface area contributed by atoms with E-state index in [1.54, 1.807) is 26.0 Å². The van der Waals surface area contributed by atoms with Crippen molar-refractivity contribution in [1.29, 1.82) is 0 Å². The first-order valence-corrected chi connectivity index (χ1v) is 6.63. The summed E-state index contributed by atoms with van der Waals surface area (Å²) < 4.78 is 5.56. The SMILES string of the molecule is CN(C)c1cc(C#CC(C)(C)O)ccc1OC[C@H](N)C=O. The molecule has 3 N–H and O–H groups in total. The van der Waals surface area contributed by atoms with Gasteiger partial charge in [0.1, 0.15) is 24.2 Å². The lowest BCUT2D eigenvalue weighted by Crippen LogP contribution is -2.29. The molecule has 0 spiro atoms. The standard InChI is InChI=1S/C16H22N2O3/c1-16(2,20)8-7-12-5-6-15(14(9-12)18(3)4)21-11-13(17)10-19/h5-6,9-10,13,20H,11,17H2,1-4H3/t13-/m1/s1. The van der Waals surface area contributed by atoms with Gasteiger partial charge in [0.2, 0.25) is 0 Å². The monoisotopic (exact) mass is 290 g/mol. The Bertz CT molecular complexity index is 551. The second-order valence-electron chi connectivity index (χ2n) is 5.50. The highest BCUT2D eigenvalue weighted by Crippen LogP contribution is 2.28. The van der Waals surface area contributed by atoms with Crippen LogP contribution >= 0.6 is 0 Å². The van der Waals surface area contributed by atoms with Gasteiger partial charge in [0, 0.05) is 19.7 Å². The fraction of sp³-hybridized carbons (Fsp3) is 0.438. The van der Waals surface area contributed by atoms with Gasteiger partial charge >= 0.3 is 0 Å². The van der Waals surface area contributed by atoms with Crippen LogP contribution in [-0.2, 0) is 4.79 Å². The fourth-order valence-electron chi connectivity index (χ4n) is 1.52. The van der Waals surface area contributed by atoms with Gasteiger partial charge in [0.25, 0.3) is 0 Å². The summed E-state index contributed by atoms with van der Waals surface area (Å²) in [5.41, 5.74) is 6.08. The van der Waals surface area contributed by atoms with E-state index in [0.29, 0.717) is 12.0 Å². The highest BCUT2D eigenvalue weighted by molar-refractivity contribution is 5.62. The first-order chi connectivity index (χ1) is 9.73. The maximum atomic E-state index is 10.5. The van der Waals surface area contributed by atoms with Gasteiger partial charge in [-0.1, -0.05) is 11.8 Å². The van der Waals surface area contributed by atoms with E-state index in [-0.39, 0.29) is 6.61 Å². The zero-order valence-electron chi connectivity index (χ0n) is 12.9. The maximum Gasteiger partial charge on any atom is 0.142 e. The van der Waals surface area contributed by atoms with Crippen LogP contribution < -0.4 is 15.4 Å². The summed E-state index contributed by atoms with van der Waals surface area (Å²) in [6, 6.07) is 4.80. The molecule has 0 bridgehead atoms. The van der Waals surface area contributed by atoms with Crippen LogP contribution in [0.25, 0.3) is 0 Å². The third kappa shape index (κ3) is 5.86. The van der Waals surface area contributed by atoms with Crippen LogP contribution in [0.15, 0.2) is 18.2 Å². The highest BCUT2D eigenvalue weighted by Gasteiger charge is 2.10. The summed E-state index contributed by atoms with van der Waals surface area (Å²) in [6.07, 6.45) is 0.651. The van der Waals surface area contributed by atoms with E-state index in [2.05, 4.69) is 11.8 Å². The van der Waals surface area contributed by atoms with E-state index in [0.717, 1.165) is 11.3 Å². The van der Waals surface area contributed by atoms with Crippen LogP contribution in [0.4, 0.5) is 5.69 Å². The van der Waals surface area contributed by atoms with Crippen molar-refractivity contribution in [1.82, 2.24) is 0 Å². The van der Waals surface area contributed by atoms with Crippen molar-refractivity contribution >= 4 is 12.0 Å². The summed E-state index contributed by atoms with van der Waals surface area (Å²) in [5, 5.41) is 9.63. The number of nitrogens with two attached hydrogens (primary N) is 1. The lowest BCUT2D eigenvalue weighted by Gasteiger charge is -2.19. The highest BCUT2D eigenvalue weighted by atomic mass is 16.5. The molecule has 5 heteroatoms. The Labute approximate surface area is 125 Å². The van der Waals surface area contributed by atoms with Gasteiger partial charge in [-0.05, 0) is 32.0 Å². The Balaban J connectivity index is 3.01. The van der Waals surface area contributed by atoms with Crippen LogP contribution in [0.2, 0.25) is 0 Å². The van der Waals surface area contributed by atoms with Gasteiger partial charge < -0.3 is 25.3 Å². The summed E-state index contributed by atoms with van der Waals surface area (Å²) in [4.78, 5) is 12.4. The number of ether oxygens (including phenoxy) is 1. The van der Waals surface area contributed by atoms with E-state index >= 15 is 0 Å². The molecule has 0 saturated carbocycles. The molecule has 0 aliphatic heterocycles. The zero-order valence-corrected chi connectivity index (χ0v) is 12.9. The molecule has 1 aromatic rings. The molecule has 0 aliphatic rings. The van der Waals surface area contributed by atoms with E-state index < -0.39 is 11.6 Å². The molecular formula is C16H22N2O3. The Morgan fingerprint density at radius 1 is 1.48 bits per heavy atom. The van der Waals surface area contributed by atoms with Crippen molar-refractivity contribution in [2.75, 3.05) is 25.6 Å². The van der Waals surface area contributed by atoms with E-state index in [4.69, 9.17) is 10.5 Å². The molecule has 1 aromatic carbocycles. The first kappa shape index (κ1) is 17.0. The number of hydrogen-bond donors (Lipinski definition) is 2. The predicted octanol–water partition coefficient (Wildman–Crippen LogP) is 0.780.